The molecule has 2 unspecified atom stereocenters. The predicted octanol–water partition coefficient (Wildman–Crippen LogP) is 5.50. The van der Waals surface area contributed by atoms with E-state index in [4.69, 9.17) is 9.26 Å². The zero-order chi connectivity index (χ0) is 17.8. The number of fused-ring (bicyclic) bond motifs is 1. The number of phosphoric acid groups is 1. The van der Waals surface area contributed by atoms with Gasteiger partial charge in [0, 0.05) is 5.56 Å². The van der Waals surface area contributed by atoms with Crippen LogP contribution in [0.15, 0.2) is 18.2 Å². The van der Waals surface area contributed by atoms with Crippen molar-refractivity contribution in [2.75, 3.05) is 0 Å². The van der Waals surface area contributed by atoms with Crippen LogP contribution in [0.3, 0.4) is 0 Å². The predicted molar refractivity (Wildman–Crippen MR) is 94.2 cm³/mol. The molecular weight excluding hydrogens is 327 g/mol. The lowest BCUT2D eigenvalue weighted by Gasteiger charge is -2.40. The molecule has 2 atom stereocenters. The summed E-state index contributed by atoms with van der Waals surface area (Å²) in [5.41, 5.74) is -0.208. The third-order valence-corrected chi connectivity index (χ3v) is 5.41. The number of phosphoric ester groups is 1. The molecule has 0 saturated carbocycles. The van der Waals surface area contributed by atoms with Crippen molar-refractivity contribution in [3.05, 3.63) is 23.8 Å². The van der Waals surface area contributed by atoms with E-state index in [9.17, 15) is 14.4 Å². The summed E-state index contributed by atoms with van der Waals surface area (Å²) in [6, 6.07) is 5.64. The molecule has 0 spiro atoms. The van der Waals surface area contributed by atoms with Crippen LogP contribution in [0.25, 0.3) is 0 Å². The van der Waals surface area contributed by atoms with E-state index in [1.54, 1.807) is 0 Å². The van der Waals surface area contributed by atoms with E-state index in [0.717, 1.165) is 55.6 Å². The van der Waals surface area contributed by atoms with Gasteiger partial charge < -0.3 is 14.5 Å². The lowest BCUT2D eigenvalue weighted by molar-refractivity contribution is -0.0362. The van der Waals surface area contributed by atoms with Gasteiger partial charge in [-0.3, -0.25) is 4.52 Å². The monoisotopic (exact) mass is 356 g/mol. The van der Waals surface area contributed by atoms with Gasteiger partial charge in [0.2, 0.25) is 0 Å². The lowest BCUT2D eigenvalue weighted by Crippen LogP contribution is -2.37. The van der Waals surface area contributed by atoms with Gasteiger partial charge in [-0.1, -0.05) is 65.0 Å². The summed E-state index contributed by atoms with van der Waals surface area (Å²) in [6.07, 6.45) is 6.08. The van der Waals surface area contributed by atoms with Crippen LogP contribution in [-0.2, 0) is 14.7 Å². The topological polar surface area (TPSA) is 79.3 Å². The van der Waals surface area contributed by atoms with Crippen molar-refractivity contribution < 1.29 is 23.6 Å². The molecule has 2 N–H and O–H groups in total. The Bertz CT molecular complexity index is 597. The summed E-state index contributed by atoms with van der Waals surface area (Å²) < 4.78 is 22.9. The molecule has 5 nitrogen and oxygen atoms in total. The largest absolute Gasteiger partial charge is 0.470 e. The molecule has 0 aromatic heterocycles. The minimum Gasteiger partial charge on any atom is -0.449 e. The van der Waals surface area contributed by atoms with Crippen LogP contribution in [0, 0.1) is 5.92 Å². The van der Waals surface area contributed by atoms with Gasteiger partial charge in [0.15, 0.2) is 11.5 Å². The fourth-order valence-electron chi connectivity index (χ4n) is 3.62. The van der Waals surface area contributed by atoms with Gasteiger partial charge in [-0.25, -0.2) is 4.57 Å². The average Bonchev–Trinajstić information content (AvgIpc) is 3.31. The summed E-state index contributed by atoms with van der Waals surface area (Å²) >= 11 is 0. The first-order valence-electron chi connectivity index (χ1n) is 8.95. The standard InChI is InChI=1S/C18H29O5P/c1-4-7-10-14(6-3)18(13-8-5-2,23-24(19,20)21)15-11-9-12-16-17(15)22-16/h9,11-12,14H,4-8,10,13H2,1-3H3,(H2,19,20,21). The first kappa shape index (κ1) is 19.5. The van der Waals surface area contributed by atoms with Crippen molar-refractivity contribution in [1.29, 1.82) is 0 Å². The van der Waals surface area contributed by atoms with Gasteiger partial charge in [-0.2, -0.15) is 0 Å². The van der Waals surface area contributed by atoms with Crippen molar-refractivity contribution in [2.45, 2.75) is 71.3 Å². The highest BCUT2D eigenvalue weighted by molar-refractivity contribution is 7.46. The molecule has 1 heterocycles. The number of hydrogen-bond donors (Lipinski definition) is 2. The smallest absolute Gasteiger partial charge is 0.449 e. The normalized spacial score (nSPS) is 16.9. The Kier molecular flexibility index (Phi) is 6.49. The second kappa shape index (κ2) is 8.01. The first-order valence-corrected chi connectivity index (χ1v) is 10.5. The molecule has 1 aliphatic heterocycles. The van der Waals surface area contributed by atoms with E-state index in [-0.39, 0.29) is 5.92 Å². The molecule has 24 heavy (non-hydrogen) atoms. The first-order chi connectivity index (χ1) is 11.4. The average molecular weight is 356 g/mol. The summed E-state index contributed by atoms with van der Waals surface area (Å²) in [5, 5.41) is 0. The third kappa shape index (κ3) is 4.40. The minimum atomic E-state index is -4.64. The Morgan fingerprint density at radius 1 is 1.21 bits per heavy atom. The minimum absolute atomic E-state index is 0.0346. The summed E-state index contributed by atoms with van der Waals surface area (Å²) in [5.74, 6) is 1.55. The van der Waals surface area contributed by atoms with Crippen LogP contribution >= 0.6 is 7.82 Å². The Hall–Kier alpha value is -0.870. The second-order valence-electron chi connectivity index (χ2n) is 6.56. The number of benzene rings is 1. The molecule has 0 bridgehead atoms. The van der Waals surface area contributed by atoms with Crippen molar-refractivity contribution in [3.8, 4) is 11.5 Å². The molecule has 1 aliphatic rings. The van der Waals surface area contributed by atoms with E-state index in [1.807, 2.05) is 18.2 Å². The molecule has 6 heteroatoms. The summed E-state index contributed by atoms with van der Waals surface area (Å²) in [4.78, 5) is 19.3. The zero-order valence-corrected chi connectivity index (χ0v) is 15.7. The lowest BCUT2D eigenvalue weighted by atomic mass is 9.74. The van der Waals surface area contributed by atoms with Crippen molar-refractivity contribution in [1.82, 2.24) is 0 Å². The van der Waals surface area contributed by atoms with Crippen LogP contribution in [0.1, 0.15) is 71.3 Å². The molecule has 136 valence electrons. The molecule has 0 aliphatic carbocycles. The van der Waals surface area contributed by atoms with Gasteiger partial charge in [-0.15, -0.1) is 0 Å². The third-order valence-electron chi connectivity index (χ3n) is 4.85. The van der Waals surface area contributed by atoms with E-state index < -0.39 is 13.4 Å². The fourth-order valence-corrected chi connectivity index (χ4v) is 4.38. The SMILES string of the molecule is CCCCC(CC)C(CCCC)(OP(=O)(O)O)c1cccc2c1O2. The number of hydrogen-bond acceptors (Lipinski definition) is 3. The fraction of sp³-hybridized carbons (Fsp3) is 0.667. The van der Waals surface area contributed by atoms with Crippen LogP contribution in [-0.4, -0.2) is 9.79 Å². The maximum Gasteiger partial charge on any atom is 0.470 e. The van der Waals surface area contributed by atoms with Gasteiger partial charge in [-0.05, 0) is 24.8 Å². The molecule has 1 aromatic rings. The highest BCUT2D eigenvalue weighted by Crippen LogP contribution is 2.60. The van der Waals surface area contributed by atoms with Crippen LogP contribution < -0.4 is 4.74 Å². The number of unbranched alkanes of at least 4 members (excludes halogenated alkanes) is 2. The van der Waals surface area contributed by atoms with Gasteiger partial charge in [0.25, 0.3) is 0 Å². The maximum absolute atomic E-state index is 11.8. The van der Waals surface area contributed by atoms with Gasteiger partial charge in [0.05, 0.1) is 0 Å². The summed E-state index contributed by atoms with van der Waals surface area (Å²) in [6.45, 7) is 6.26. The Labute approximate surface area is 144 Å². The van der Waals surface area contributed by atoms with Crippen LogP contribution in [0.4, 0.5) is 0 Å². The van der Waals surface area contributed by atoms with E-state index in [0.29, 0.717) is 6.42 Å². The Morgan fingerprint density at radius 3 is 2.50 bits per heavy atom. The molecule has 0 saturated heterocycles. The van der Waals surface area contributed by atoms with Crippen molar-refractivity contribution in [3.63, 3.8) is 0 Å². The Morgan fingerprint density at radius 2 is 1.92 bits per heavy atom. The van der Waals surface area contributed by atoms with E-state index in [1.165, 1.54) is 0 Å². The highest BCUT2D eigenvalue weighted by atomic mass is 31.2. The van der Waals surface area contributed by atoms with Gasteiger partial charge >= 0.3 is 7.82 Å². The molecule has 0 radical (unpaired) electrons. The maximum atomic E-state index is 11.8. The number of para-hydroxylation sites is 1. The number of ether oxygens (including phenoxy) is 1. The number of rotatable bonds is 11. The molecule has 2 rings (SSSR count). The zero-order valence-electron chi connectivity index (χ0n) is 14.8. The van der Waals surface area contributed by atoms with Gasteiger partial charge in [0.1, 0.15) is 5.60 Å². The second-order valence-corrected chi connectivity index (χ2v) is 7.72. The van der Waals surface area contributed by atoms with E-state index >= 15 is 0 Å². The molecule has 1 aromatic carbocycles. The highest BCUT2D eigenvalue weighted by Gasteiger charge is 2.48. The van der Waals surface area contributed by atoms with E-state index in [2.05, 4.69) is 20.8 Å². The molecule has 0 amide bonds. The van der Waals surface area contributed by atoms with Crippen molar-refractivity contribution >= 4 is 7.82 Å². The molecule has 0 fully saturated rings. The van der Waals surface area contributed by atoms with Crippen molar-refractivity contribution in [2.24, 2.45) is 5.92 Å². The van der Waals surface area contributed by atoms with Crippen LogP contribution in [0.2, 0.25) is 0 Å². The quantitative estimate of drug-likeness (QED) is 0.410. The van der Waals surface area contributed by atoms with Crippen LogP contribution in [0.5, 0.6) is 11.5 Å². The summed E-state index contributed by atoms with van der Waals surface area (Å²) in [7, 11) is -4.64. The Balaban J connectivity index is 2.50. The molecular formula is C18H29O5P.